The van der Waals surface area contributed by atoms with Gasteiger partial charge in [-0.2, -0.15) is 0 Å². The Morgan fingerprint density at radius 3 is 2.79 bits per heavy atom. The second-order valence-corrected chi connectivity index (χ2v) is 8.77. The largest absolute Gasteiger partial charge is 0.450 e. The van der Waals surface area contributed by atoms with Gasteiger partial charge in [0, 0.05) is 40.4 Å². The van der Waals surface area contributed by atoms with Crippen molar-refractivity contribution in [2.75, 3.05) is 26.2 Å². The number of hydrogen-bond donors (Lipinski definition) is 1. The first-order valence-electron chi connectivity index (χ1n) is 9.82. The number of hydrogen-bond acceptors (Lipinski definition) is 3. The number of likely N-dealkylation sites (tertiary alicyclic amines) is 1. The third kappa shape index (κ3) is 3.87. The van der Waals surface area contributed by atoms with Gasteiger partial charge in [0.1, 0.15) is 0 Å². The van der Waals surface area contributed by atoms with Crippen LogP contribution < -0.4 is 5.32 Å². The summed E-state index contributed by atoms with van der Waals surface area (Å²) in [6, 6.07) is 6.24. The van der Waals surface area contributed by atoms with Crippen molar-refractivity contribution in [3.05, 3.63) is 61.8 Å². The number of nitrogens with one attached hydrogen (secondary N) is 1. The maximum Gasteiger partial charge on any atom is 0.409 e. The van der Waals surface area contributed by atoms with Gasteiger partial charge in [0.2, 0.25) is 0 Å². The van der Waals surface area contributed by atoms with Crippen molar-refractivity contribution in [1.82, 2.24) is 10.2 Å². The monoisotopic (exact) mass is 462 g/mol. The molecule has 148 valence electrons. The Balaban J connectivity index is 1.75. The summed E-state index contributed by atoms with van der Waals surface area (Å²) in [5.41, 5.74) is 7.84. The van der Waals surface area contributed by atoms with Gasteiger partial charge in [-0.15, -0.1) is 0 Å². The molecule has 6 heteroatoms. The Kier molecular flexibility index (Phi) is 5.83. The number of amides is 1. The predicted molar refractivity (Wildman–Crippen MR) is 117 cm³/mol. The highest BCUT2D eigenvalue weighted by atomic mass is 79.9. The Morgan fingerprint density at radius 1 is 1.25 bits per heavy atom. The van der Waals surface area contributed by atoms with E-state index in [-0.39, 0.29) is 6.09 Å². The molecule has 1 saturated heterocycles. The lowest BCUT2D eigenvalue weighted by molar-refractivity contribution is 0.104. The van der Waals surface area contributed by atoms with Crippen LogP contribution in [0.3, 0.4) is 0 Å². The number of piperidine rings is 1. The predicted octanol–water partition coefficient (Wildman–Crippen LogP) is 5.43. The maximum absolute atomic E-state index is 12.1. The number of halogens is 2. The van der Waals surface area contributed by atoms with Gasteiger partial charge in [-0.1, -0.05) is 39.2 Å². The molecule has 0 unspecified atom stereocenters. The SMILES string of the molecule is CCOC(=O)N1CCC(=C2C3=C(C=C(Br)CN3)CCc3cc(Cl)ccc32)CC1. The zero-order valence-electron chi connectivity index (χ0n) is 16.0. The van der Waals surface area contributed by atoms with Gasteiger partial charge < -0.3 is 15.0 Å². The van der Waals surface area contributed by atoms with Crippen LogP contribution in [0.2, 0.25) is 5.02 Å². The molecule has 0 aromatic heterocycles. The number of rotatable bonds is 1. The number of ether oxygens (including phenoxy) is 1. The van der Waals surface area contributed by atoms with Crippen LogP contribution in [0.15, 0.2) is 45.6 Å². The van der Waals surface area contributed by atoms with E-state index in [2.05, 4.69) is 39.5 Å². The number of allylic oxidation sites excluding steroid dienone is 3. The fourth-order valence-corrected chi connectivity index (χ4v) is 4.86. The quantitative estimate of drug-likeness (QED) is 0.604. The van der Waals surface area contributed by atoms with Crippen molar-refractivity contribution in [2.24, 2.45) is 0 Å². The number of aryl methyl sites for hydroxylation is 1. The van der Waals surface area contributed by atoms with Gasteiger partial charge in [0.15, 0.2) is 0 Å². The number of carbonyl (C=O) groups excluding carboxylic acids is 1. The van der Waals surface area contributed by atoms with E-state index in [1.807, 2.05) is 17.9 Å². The van der Waals surface area contributed by atoms with E-state index in [1.54, 1.807) is 0 Å². The third-order valence-corrected chi connectivity index (χ3v) is 6.33. The molecule has 0 spiro atoms. The molecule has 1 fully saturated rings. The summed E-state index contributed by atoms with van der Waals surface area (Å²) in [7, 11) is 0. The lowest BCUT2D eigenvalue weighted by Crippen LogP contribution is -2.37. The first-order chi connectivity index (χ1) is 13.6. The number of dihydropyridines is 1. The molecule has 2 aliphatic heterocycles. The second kappa shape index (κ2) is 8.34. The van der Waals surface area contributed by atoms with Crippen LogP contribution in [0.25, 0.3) is 5.57 Å². The number of nitrogens with zero attached hydrogens (tertiary/aromatic N) is 1. The Morgan fingerprint density at radius 2 is 2.04 bits per heavy atom. The van der Waals surface area contributed by atoms with E-state index in [1.165, 1.54) is 38.0 Å². The molecule has 0 radical (unpaired) electrons. The smallest absolute Gasteiger partial charge is 0.409 e. The van der Waals surface area contributed by atoms with E-state index >= 15 is 0 Å². The zero-order valence-corrected chi connectivity index (χ0v) is 18.3. The Labute approximate surface area is 179 Å². The van der Waals surface area contributed by atoms with E-state index in [0.717, 1.165) is 37.3 Å². The molecule has 0 atom stereocenters. The topological polar surface area (TPSA) is 41.6 Å². The second-order valence-electron chi connectivity index (χ2n) is 7.31. The third-order valence-electron chi connectivity index (χ3n) is 5.58. The summed E-state index contributed by atoms with van der Waals surface area (Å²) in [5, 5.41) is 4.42. The lowest BCUT2D eigenvalue weighted by atomic mass is 9.88. The molecule has 3 aliphatic rings. The van der Waals surface area contributed by atoms with Crippen LogP contribution in [0.4, 0.5) is 4.79 Å². The molecule has 0 bridgehead atoms. The minimum absolute atomic E-state index is 0.206. The van der Waals surface area contributed by atoms with Gasteiger partial charge in [-0.25, -0.2) is 4.79 Å². The average Bonchev–Trinajstić information content (AvgIpc) is 2.84. The van der Waals surface area contributed by atoms with Crippen molar-refractivity contribution in [3.63, 3.8) is 0 Å². The highest BCUT2D eigenvalue weighted by molar-refractivity contribution is 9.11. The van der Waals surface area contributed by atoms with Gasteiger partial charge in [0.05, 0.1) is 6.61 Å². The average molecular weight is 464 g/mol. The fraction of sp³-hybridized carbons (Fsp3) is 0.409. The zero-order chi connectivity index (χ0) is 19.7. The molecule has 1 aromatic carbocycles. The minimum Gasteiger partial charge on any atom is -0.450 e. The van der Waals surface area contributed by atoms with Crippen molar-refractivity contribution < 1.29 is 9.53 Å². The number of carbonyl (C=O) groups is 1. The summed E-state index contributed by atoms with van der Waals surface area (Å²) in [6.45, 7) is 4.45. The summed E-state index contributed by atoms with van der Waals surface area (Å²) in [6.07, 6.45) is 5.73. The van der Waals surface area contributed by atoms with Gasteiger partial charge in [-0.3, -0.25) is 0 Å². The molecular formula is C22H24BrClN2O2. The maximum atomic E-state index is 12.1. The molecule has 2 heterocycles. The minimum atomic E-state index is -0.206. The molecule has 1 N–H and O–H groups in total. The Hall–Kier alpha value is -1.72. The standard InChI is InChI=1S/C22H24BrClN2O2/c1-2-28-22(27)26-9-7-14(8-10-26)20-19-6-5-18(24)12-15(19)3-4-16-11-17(23)13-25-21(16)20/h5-6,11-12,25H,2-4,7-10,13H2,1H3. The van der Waals surface area contributed by atoms with Crippen molar-refractivity contribution in [2.45, 2.75) is 32.6 Å². The summed E-state index contributed by atoms with van der Waals surface area (Å²) < 4.78 is 6.35. The number of benzene rings is 1. The van der Waals surface area contributed by atoms with Crippen LogP contribution in [0.1, 0.15) is 37.3 Å². The Bertz CT molecular complexity index is 894. The molecule has 28 heavy (non-hydrogen) atoms. The highest BCUT2D eigenvalue weighted by Crippen LogP contribution is 2.40. The normalized spacial score (nSPS) is 19.4. The molecule has 0 saturated carbocycles. The van der Waals surface area contributed by atoms with E-state index < -0.39 is 0 Å². The first-order valence-corrected chi connectivity index (χ1v) is 11.0. The molecule has 4 nitrogen and oxygen atoms in total. The number of fused-ring (bicyclic) bond motifs is 1. The van der Waals surface area contributed by atoms with Crippen LogP contribution >= 0.6 is 27.5 Å². The molecular weight excluding hydrogens is 440 g/mol. The van der Waals surface area contributed by atoms with E-state index in [4.69, 9.17) is 16.3 Å². The van der Waals surface area contributed by atoms with Crippen LogP contribution in [0, 0.1) is 0 Å². The van der Waals surface area contributed by atoms with Crippen molar-refractivity contribution in [3.8, 4) is 0 Å². The summed E-state index contributed by atoms with van der Waals surface area (Å²) in [4.78, 5) is 13.9. The van der Waals surface area contributed by atoms with Crippen LogP contribution in [0.5, 0.6) is 0 Å². The van der Waals surface area contributed by atoms with Crippen LogP contribution in [-0.4, -0.2) is 37.2 Å². The van der Waals surface area contributed by atoms with Crippen LogP contribution in [-0.2, 0) is 11.2 Å². The summed E-state index contributed by atoms with van der Waals surface area (Å²) >= 11 is 9.95. The van der Waals surface area contributed by atoms with Gasteiger partial charge >= 0.3 is 6.09 Å². The molecule has 1 aromatic rings. The summed E-state index contributed by atoms with van der Waals surface area (Å²) in [5.74, 6) is 0. The van der Waals surface area contributed by atoms with E-state index in [0.29, 0.717) is 19.7 Å². The van der Waals surface area contributed by atoms with Gasteiger partial charge in [-0.05, 0) is 67.5 Å². The first kappa shape index (κ1) is 19.6. The fourth-order valence-electron chi connectivity index (χ4n) is 4.25. The molecule has 4 rings (SSSR count). The van der Waals surface area contributed by atoms with Gasteiger partial charge in [0.25, 0.3) is 0 Å². The van der Waals surface area contributed by atoms with Crippen molar-refractivity contribution in [1.29, 1.82) is 0 Å². The molecule has 1 aliphatic carbocycles. The molecule has 1 amide bonds. The van der Waals surface area contributed by atoms with E-state index in [9.17, 15) is 4.79 Å². The lowest BCUT2D eigenvalue weighted by Gasteiger charge is -2.31. The highest BCUT2D eigenvalue weighted by Gasteiger charge is 2.28. The van der Waals surface area contributed by atoms with Crippen molar-refractivity contribution >= 4 is 39.2 Å².